The summed E-state index contributed by atoms with van der Waals surface area (Å²) in [7, 11) is 0. The highest BCUT2D eigenvalue weighted by atomic mass is 16.5. The highest BCUT2D eigenvalue weighted by molar-refractivity contribution is 5.33. The molecule has 0 aliphatic carbocycles. The Kier molecular flexibility index (Phi) is 3.59. The Bertz CT molecular complexity index is 568. The summed E-state index contributed by atoms with van der Waals surface area (Å²) in [5.41, 5.74) is 1.62. The number of hydrogen-bond donors (Lipinski definition) is 0. The van der Waals surface area contributed by atoms with Crippen LogP contribution in [0.5, 0.6) is 11.6 Å². The zero-order valence-corrected chi connectivity index (χ0v) is 10.4. The molecule has 0 atom stereocenters. The van der Waals surface area contributed by atoms with Gasteiger partial charge in [0.05, 0.1) is 0 Å². The molecule has 90 valence electrons. The van der Waals surface area contributed by atoms with Gasteiger partial charge in [0.15, 0.2) is 0 Å². The third-order valence-corrected chi connectivity index (χ3v) is 2.61. The normalized spacial score (nSPS) is 10.1. The molecule has 0 fully saturated rings. The van der Waals surface area contributed by atoms with Crippen molar-refractivity contribution in [2.45, 2.75) is 19.8 Å². The van der Waals surface area contributed by atoms with Crippen LogP contribution in [0.15, 0.2) is 42.5 Å². The summed E-state index contributed by atoms with van der Waals surface area (Å²) in [4.78, 5) is 4.06. The van der Waals surface area contributed by atoms with E-state index < -0.39 is 0 Å². The summed E-state index contributed by atoms with van der Waals surface area (Å²) in [6.45, 7) is 4.29. The number of benzene rings is 1. The van der Waals surface area contributed by atoms with E-state index in [9.17, 15) is 0 Å². The van der Waals surface area contributed by atoms with E-state index in [1.807, 2.05) is 30.3 Å². The lowest BCUT2D eigenvalue weighted by molar-refractivity contribution is 0.462. The van der Waals surface area contributed by atoms with Crippen molar-refractivity contribution in [2.24, 2.45) is 0 Å². The van der Waals surface area contributed by atoms with E-state index in [1.54, 1.807) is 18.2 Å². The summed E-state index contributed by atoms with van der Waals surface area (Å²) >= 11 is 0. The molecule has 2 aromatic rings. The van der Waals surface area contributed by atoms with Crippen LogP contribution >= 0.6 is 0 Å². The number of rotatable bonds is 3. The lowest BCUT2D eigenvalue weighted by Gasteiger charge is -2.07. The Morgan fingerprint density at radius 2 is 1.83 bits per heavy atom. The van der Waals surface area contributed by atoms with E-state index in [2.05, 4.69) is 18.8 Å². The third kappa shape index (κ3) is 2.86. The van der Waals surface area contributed by atoms with E-state index >= 15 is 0 Å². The molecule has 2 rings (SSSR count). The minimum Gasteiger partial charge on any atom is -0.439 e. The monoisotopic (exact) mass is 238 g/mol. The molecule has 1 heterocycles. The van der Waals surface area contributed by atoms with Crippen LogP contribution in [-0.4, -0.2) is 4.98 Å². The van der Waals surface area contributed by atoms with Crippen molar-refractivity contribution in [2.75, 3.05) is 0 Å². The van der Waals surface area contributed by atoms with Gasteiger partial charge >= 0.3 is 0 Å². The van der Waals surface area contributed by atoms with Gasteiger partial charge in [-0.05, 0) is 29.7 Å². The molecule has 3 heteroatoms. The summed E-state index contributed by atoms with van der Waals surface area (Å²) in [6.07, 6.45) is 0. The molecule has 0 amide bonds. The predicted octanol–water partition coefficient (Wildman–Crippen LogP) is 3.87. The summed E-state index contributed by atoms with van der Waals surface area (Å²) in [5, 5.41) is 8.76. The number of nitriles is 1. The van der Waals surface area contributed by atoms with Crippen molar-refractivity contribution in [3.8, 4) is 17.7 Å². The van der Waals surface area contributed by atoms with Crippen LogP contribution in [0, 0.1) is 11.3 Å². The Hall–Kier alpha value is -2.34. The van der Waals surface area contributed by atoms with Crippen LogP contribution in [0.4, 0.5) is 0 Å². The summed E-state index contributed by atoms with van der Waals surface area (Å²) in [6, 6.07) is 15.0. The first-order valence-corrected chi connectivity index (χ1v) is 5.84. The van der Waals surface area contributed by atoms with Crippen molar-refractivity contribution >= 4 is 0 Å². The van der Waals surface area contributed by atoms with E-state index in [-0.39, 0.29) is 0 Å². The Morgan fingerprint density at radius 1 is 1.11 bits per heavy atom. The first-order valence-electron chi connectivity index (χ1n) is 5.84. The van der Waals surface area contributed by atoms with Crippen molar-refractivity contribution in [1.82, 2.24) is 4.98 Å². The number of pyridine rings is 1. The maximum atomic E-state index is 8.76. The Balaban J connectivity index is 2.16. The average molecular weight is 238 g/mol. The first-order chi connectivity index (χ1) is 8.69. The van der Waals surface area contributed by atoms with Gasteiger partial charge in [-0.15, -0.1) is 0 Å². The van der Waals surface area contributed by atoms with Crippen LogP contribution in [0.1, 0.15) is 31.0 Å². The van der Waals surface area contributed by atoms with E-state index in [0.717, 1.165) is 5.75 Å². The zero-order chi connectivity index (χ0) is 13.0. The van der Waals surface area contributed by atoms with Gasteiger partial charge in [-0.3, -0.25) is 0 Å². The molecule has 0 N–H and O–H groups in total. The van der Waals surface area contributed by atoms with Gasteiger partial charge < -0.3 is 4.74 Å². The van der Waals surface area contributed by atoms with Crippen molar-refractivity contribution in [1.29, 1.82) is 5.26 Å². The van der Waals surface area contributed by atoms with Gasteiger partial charge in [0.2, 0.25) is 5.88 Å². The molecular formula is C15H14N2O. The second-order valence-electron chi connectivity index (χ2n) is 4.30. The van der Waals surface area contributed by atoms with Crippen LogP contribution < -0.4 is 4.74 Å². The fourth-order valence-corrected chi connectivity index (χ4v) is 1.58. The highest BCUT2D eigenvalue weighted by Gasteiger charge is 2.02. The number of nitrogens with zero attached hydrogens (tertiary/aromatic N) is 2. The summed E-state index contributed by atoms with van der Waals surface area (Å²) < 4.78 is 5.59. The molecule has 0 aliphatic heterocycles. The van der Waals surface area contributed by atoms with Crippen LogP contribution in [-0.2, 0) is 0 Å². The van der Waals surface area contributed by atoms with E-state index in [1.165, 1.54) is 5.56 Å². The highest BCUT2D eigenvalue weighted by Crippen LogP contribution is 2.22. The van der Waals surface area contributed by atoms with Gasteiger partial charge in [-0.1, -0.05) is 32.0 Å². The van der Waals surface area contributed by atoms with Crippen LogP contribution in [0.2, 0.25) is 0 Å². The predicted molar refractivity (Wildman–Crippen MR) is 69.6 cm³/mol. The maximum Gasteiger partial charge on any atom is 0.220 e. The van der Waals surface area contributed by atoms with E-state index in [4.69, 9.17) is 10.00 Å². The van der Waals surface area contributed by atoms with Gasteiger partial charge in [0.25, 0.3) is 0 Å². The Labute approximate surface area is 107 Å². The van der Waals surface area contributed by atoms with E-state index in [0.29, 0.717) is 17.5 Å². The fraction of sp³-hybridized carbons (Fsp3) is 0.200. The minimum absolute atomic E-state index is 0.353. The topological polar surface area (TPSA) is 45.9 Å². The minimum atomic E-state index is 0.353. The van der Waals surface area contributed by atoms with Gasteiger partial charge in [0, 0.05) is 6.07 Å². The number of ether oxygens (including phenoxy) is 1. The molecular weight excluding hydrogens is 224 g/mol. The van der Waals surface area contributed by atoms with Crippen molar-refractivity contribution in [3.63, 3.8) is 0 Å². The standard InChI is InChI=1S/C15H14N2O/c1-11(2)12-6-8-14(9-7-12)18-15-5-3-4-13(10-16)17-15/h3-9,11H,1-2H3. The second kappa shape index (κ2) is 5.33. The molecule has 0 aliphatic rings. The molecule has 1 aromatic carbocycles. The van der Waals surface area contributed by atoms with Gasteiger partial charge in [0.1, 0.15) is 17.5 Å². The first kappa shape index (κ1) is 12.1. The molecule has 3 nitrogen and oxygen atoms in total. The smallest absolute Gasteiger partial charge is 0.220 e. The lowest BCUT2D eigenvalue weighted by atomic mass is 10.0. The summed E-state index contributed by atoms with van der Waals surface area (Å²) in [5.74, 6) is 1.66. The molecule has 1 aromatic heterocycles. The fourth-order valence-electron chi connectivity index (χ4n) is 1.58. The quantitative estimate of drug-likeness (QED) is 0.815. The molecule has 0 saturated carbocycles. The second-order valence-corrected chi connectivity index (χ2v) is 4.30. The number of hydrogen-bond acceptors (Lipinski definition) is 3. The van der Waals surface area contributed by atoms with Gasteiger partial charge in [-0.2, -0.15) is 5.26 Å². The largest absolute Gasteiger partial charge is 0.439 e. The molecule has 0 spiro atoms. The molecule has 18 heavy (non-hydrogen) atoms. The van der Waals surface area contributed by atoms with Crippen molar-refractivity contribution < 1.29 is 4.74 Å². The molecule has 0 unspecified atom stereocenters. The average Bonchev–Trinajstić information content (AvgIpc) is 2.39. The van der Waals surface area contributed by atoms with Gasteiger partial charge in [-0.25, -0.2) is 4.98 Å². The number of aromatic nitrogens is 1. The SMILES string of the molecule is CC(C)c1ccc(Oc2cccc(C#N)n2)cc1. The zero-order valence-electron chi connectivity index (χ0n) is 10.4. The molecule has 0 saturated heterocycles. The third-order valence-electron chi connectivity index (χ3n) is 2.61. The maximum absolute atomic E-state index is 8.76. The van der Waals surface area contributed by atoms with Crippen LogP contribution in [0.25, 0.3) is 0 Å². The molecule has 0 radical (unpaired) electrons. The Morgan fingerprint density at radius 3 is 2.44 bits per heavy atom. The molecule has 0 bridgehead atoms. The van der Waals surface area contributed by atoms with Crippen molar-refractivity contribution in [3.05, 3.63) is 53.7 Å². The van der Waals surface area contributed by atoms with Crippen LogP contribution in [0.3, 0.4) is 0 Å². The lowest BCUT2D eigenvalue weighted by Crippen LogP contribution is -1.91.